The summed E-state index contributed by atoms with van der Waals surface area (Å²) in [5.74, 6) is 0.288. The van der Waals surface area contributed by atoms with Gasteiger partial charge in [-0.2, -0.15) is 0 Å². The van der Waals surface area contributed by atoms with E-state index in [4.69, 9.17) is 0 Å². The highest BCUT2D eigenvalue weighted by atomic mass is 16.3. The SMILES string of the molecule is CC1(C)C2=CC(=O)C=CC2=Cc2ccc(O)cc21. The Balaban J connectivity index is 2.30. The van der Waals surface area contributed by atoms with Crippen LogP contribution < -0.4 is 0 Å². The minimum absolute atomic E-state index is 0.0267. The van der Waals surface area contributed by atoms with Crippen molar-refractivity contribution in [1.82, 2.24) is 0 Å². The second kappa shape index (κ2) is 3.45. The van der Waals surface area contributed by atoms with E-state index in [0.29, 0.717) is 0 Å². The van der Waals surface area contributed by atoms with Crippen LogP contribution >= 0.6 is 0 Å². The molecule has 1 aromatic carbocycles. The van der Waals surface area contributed by atoms with E-state index in [-0.39, 0.29) is 16.9 Å². The fourth-order valence-corrected chi connectivity index (χ4v) is 2.73. The minimum Gasteiger partial charge on any atom is -0.508 e. The lowest BCUT2D eigenvalue weighted by Crippen LogP contribution is -2.27. The van der Waals surface area contributed by atoms with Gasteiger partial charge in [0.1, 0.15) is 5.75 Å². The molecule has 1 aromatic rings. The Morgan fingerprint density at radius 1 is 1.11 bits per heavy atom. The number of ketones is 1. The zero-order chi connectivity index (χ0) is 12.9. The van der Waals surface area contributed by atoms with Gasteiger partial charge in [0.05, 0.1) is 0 Å². The number of benzene rings is 1. The summed E-state index contributed by atoms with van der Waals surface area (Å²) >= 11 is 0. The van der Waals surface area contributed by atoms with Crippen molar-refractivity contribution in [3.8, 4) is 5.75 Å². The Morgan fingerprint density at radius 2 is 1.89 bits per heavy atom. The van der Waals surface area contributed by atoms with E-state index in [2.05, 4.69) is 19.9 Å². The van der Waals surface area contributed by atoms with Gasteiger partial charge in [-0.15, -0.1) is 0 Å². The second-order valence-electron chi connectivity index (χ2n) is 5.29. The Kier molecular flexibility index (Phi) is 2.11. The Hall–Kier alpha value is -2.09. The molecule has 2 aliphatic carbocycles. The van der Waals surface area contributed by atoms with Crippen molar-refractivity contribution >= 4 is 11.9 Å². The van der Waals surface area contributed by atoms with Crippen LogP contribution in [0.3, 0.4) is 0 Å². The molecule has 0 bridgehead atoms. The first-order valence-corrected chi connectivity index (χ1v) is 5.98. The van der Waals surface area contributed by atoms with Gasteiger partial charge in [0, 0.05) is 5.41 Å². The highest BCUT2D eigenvalue weighted by Crippen LogP contribution is 2.45. The normalized spacial score (nSPS) is 19.8. The number of hydrogen-bond acceptors (Lipinski definition) is 2. The monoisotopic (exact) mass is 238 g/mol. The molecule has 3 rings (SSSR count). The van der Waals surface area contributed by atoms with Crippen LogP contribution in [0, 0.1) is 0 Å². The lowest BCUT2D eigenvalue weighted by Gasteiger charge is -2.35. The number of fused-ring (bicyclic) bond motifs is 2. The van der Waals surface area contributed by atoms with Crippen LogP contribution in [0.25, 0.3) is 6.08 Å². The zero-order valence-corrected chi connectivity index (χ0v) is 10.4. The Bertz CT molecular complexity index is 643. The number of carbonyl (C=O) groups excluding carboxylic acids is 1. The first-order chi connectivity index (χ1) is 8.48. The molecule has 2 aliphatic rings. The molecule has 0 aliphatic heterocycles. The highest BCUT2D eigenvalue weighted by Gasteiger charge is 2.34. The van der Waals surface area contributed by atoms with Gasteiger partial charge >= 0.3 is 0 Å². The van der Waals surface area contributed by atoms with Gasteiger partial charge in [-0.25, -0.2) is 0 Å². The third-order valence-electron chi connectivity index (χ3n) is 3.72. The predicted molar refractivity (Wildman–Crippen MR) is 71.3 cm³/mol. The third kappa shape index (κ3) is 1.46. The van der Waals surface area contributed by atoms with Gasteiger partial charge in [-0.1, -0.05) is 26.0 Å². The molecule has 0 aromatic heterocycles. The van der Waals surface area contributed by atoms with Gasteiger partial charge in [0.2, 0.25) is 0 Å². The molecule has 18 heavy (non-hydrogen) atoms. The maximum absolute atomic E-state index is 11.5. The number of carbonyl (C=O) groups is 1. The quantitative estimate of drug-likeness (QED) is 0.754. The van der Waals surface area contributed by atoms with Gasteiger partial charge in [-0.05, 0) is 52.6 Å². The summed E-state index contributed by atoms with van der Waals surface area (Å²) in [7, 11) is 0. The molecule has 0 saturated heterocycles. The summed E-state index contributed by atoms with van der Waals surface area (Å²) < 4.78 is 0. The van der Waals surface area contributed by atoms with Gasteiger partial charge in [-0.3, -0.25) is 4.79 Å². The largest absolute Gasteiger partial charge is 0.508 e. The maximum Gasteiger partial charge on any atom is 0.178 e. The summed E-state index contributed by atoms with van der Waals surface area (Å²) in [5.41, 5.74) is 3.99. The number of phenols is 1. The van der Waals surface area contributed by atoms with E-state index in [0.717, 1.165) is 22.3 Å². The topological polar surface area (TPSA) is 37.3 Å². The van der Waals surface area contributed by atoms with E-state index in [1.165, 1.54) is 0 Å². The molecule has 2 heteroatoms. The van der Waals surface area contributed by atoms with E-state index < -0.39 is 0 Å². The molecule has 1 N–H and O–H groups in total. The third-order valence-corrected chi connectivity index (χ3v) is 3.72. The van der Waals surface area contributed by atoms with Crippen molar-refractivity contribution in [1.29, 1.82) is 0 Å². The van der Waals surface area contributed by atoms with Crippen LogP contribution in [0.1, 0.15) is 25.0 Å². The van der Waals surface area contributed by atoms with Crippen LogP contribution in [-0.2, 0) is 10.2 Å². The molecule has 90 valence electrons. The standard InChI is InChI=1S/C16H14O2/c1-16(2)14-8-12(17)5-3-10(14)7-11-4-6-13(18)9-15(11)16/h3-9,17H,1-2H3. The van der Waals surface area contributed by atoms with Crippen LogP contribution in [0.2, 0.25) is 0 Å². The number of allylic oxidation sites excluding steroid dienone is 5. The first kappa shape index (κ1) is 11.0. The van der Waals surface area contributed by atoms with Crippen LogP contribution in [0.5, 0.6) is 5.75 Å². The second-order valence-corrected chi connectivity index (χ2v) is 5.29. The summed E-state index contributed by atoms with van der Waals surface area (Å²) in [6, 6.07) is 5.39. The molecule has 0 fully saturated rings. The van der Waals surface area contributed by atoms with E-state index >= 15 is 0 Å². The molecular formula is C16H14O2. The fraction of sp³-hybridized carbons (Fsp3) is 0.188. The summed E-state index contributed by atoms with van der Waals surface area (Å²) in [5, 5.41) is 9.65. The van der Waals surface area contributed by atoms with Crippen molar-refractivity contribution in [2.75, 3.05) is 0 Å². The number of hydrogen-bond donors (Lipinski definition) is 1. The summed E-state index contributed by atoms with van der Waals surface area (Å²) in [4.78, 5) is 11.5. The average molecular weight is 238 g/mol. The molecule has 0 unspecified atom stereocenters. The van der Waals surface area contributed by atoms with Gasteiger partial charge in [0.15, 0.2) is 5.78 Å². The number of aromatic hydroxyl groups is 1. The van der Waals surface area contributed by atoms with Crippen LogP contribution in [0.4, 0.5) is 0 Å². The molecule has 0 saturated carbocycles. The zero-order valence-electron chi connectivity index (χ0n) is 10.4. The molecule has 0 radical (unpaired) electrons. The van der Waals surface area contributed by atoms with Crippen molar-refractivity contribution < 1.29 is 9.90 Å². The minimum atomic E-state index is -0.265. The number of phenolic OH excluding ortho intramolecular Hbond substituents is 1. The summed E-state index contributed by atoms with van der Waals surface area (Å²) in [6.45, 7) is 4.16. The highest BCUT2D eigenvalue weighted by molar-refractivity contribution is 6.04. The lowest BCUT2D eigenvalue weighted by molar-refractivity contribution is -0.110. The van der Waals surface area contributed by atoms with Crippen molar-refractivity contribution in [2.24, 2.45) is 0 Å². The molecule has 2 nitrogen and oxygen atoms in total. The van der Waals surface area contributed by atoms with Gasteiger partial charge in [0.25, 0.3) is 0 Å². The lowest BCUT2D eigenvalue weighted by atomic mass is 9.68. The summed E-state index contributed by atoms with van der Waals surface area (Å²) in [6.07, 6.45) is 7.22. The molecule has 0 heterocycles. The van der Waals surface area contributed by atoms with Gasteiger partial charge < -0.3 is 5.11 Å². The first-order valence-electron chi connectivity index (χ1n) is 5.98. The predicted octanol–water partition coefficient (Wildman–Crippen LogP) is 3.13. The van der Waals surface area contributed by atoms with Crippen molar-refractivity contribution in [3.63, 3.8) is 0 Å². The smallest absolute Gasteiger partial charge is 0.178 e. The maximum atomic E-state index is 11.5. The van der Waals surface area contributed by atoms with E-state index in [1.807, 2.05) is 12.1 Å². The Labute approximate surface area is 106 Å². The van der Waals surface area contributed by atoms with E-state index in [1.54, 1.807) is 24.3 Å². The molecule has 0 spiro atoms. The average Bonchev–Trinajstić information content (AvgIpc) is 2.32. The van der Waals surface area contributed by atoms with E-state index in [9.17, 15) is 9.90 Å². The van der Waals surface area contributed by atoms with Crippen molar-refractivity contribution in [3.05, 3.63) is 58.7 Å². The Morgan fingerprint density at radius 3 is 2.67 bits per heavy atom. The number of rotatable bonds is 0. The molecule has 0 amide bonds. The van der Waals surface area contributed by atoms with Crippen LogP contribution in [0.15, 0.2) is 47.6 Å². The van der Waals surface area contributed by atoms with Crippen LogP contribution in [-0.4, -0.2) is 10.9 Å². The fourth-order valence-electron chi connectivity index (χ4n) is 2.73. The van der Waals surface area contributed by atoms with Crippen molar-refractivity contribution in [2.45, 2.75) is 19.3 Å². The molecule has 0 atom stereocenters. The molecular weight excluding hydrogens is 224 g/mol.